The van der Waals surface area contributed by atoms with Crippen molar-refractivity contribution in [1.82, 2.24) is 4.90 Å². The maximum atomic E-state index is 12.6. The third-order valence-corrected chi connectivity index (χ3v) is 5.11. The Morgan fingerprint density at radius 3 is 2.95 bits per heavy atom. The zero-order valence-corrected chi connectivity index (χ0v) is 12.5. The lowest BCUT2D eigenvalue weighted by Crippen LogP contribution is -2.45. The molecule has 1 atom stereocenters. The molecule has 4 nitrogen and oxygen atoms in total. The zero-order chi connectivity index (χ0) is 14.3. The van der Waals surface area contributed by atoms with Crippen molar-refractivity contribution in [3.8, 4) is 0 Å². The van der Waals surface area contributed by atoms with Gasteiger partial charge >= 0.3 is 0 Å². The van der Waals surface area contributed by atoms with Crippen LogP contribution in [0.4, 0.5) is 5.69 Å². The van der Waals surface area contributed by atoms with Crippen LogP contribution in [0.2, 0.25) is 5.02 Å². The minimum Gasteiger partial charge on any atom is -0.397 e. The first-order valence-electron chi connectivity index (χ1n) is 6.59. The van der Waals surface area contributed by atoms with Gasteiger partial charge in [-0.15, -0.1) is 11.3 Å². The van der Waals surface area contributed by atoms with Crippen LogP contribution >= 0.6 is 22.9 Å². The number of thiophene rings is 1. The van der Waals surface area contributed by atoms with E-state index in [0.717, 1.165) is 29.5 Å². The monoisotopic (exact) mass is 309 g/mol. The molecule has 4 N–H and O–H groups in total. The van der Waals surface area contributed by atoms with Gasteiger partial charge in [0.05, 0.1) is 10.7 Å². The van der Waals surface area contributed by atoms with Gasteiger partial charge in [0, 0.05) is 29.2 Å². The predicted molar refractivity (Wildman–Crippen MR) is 84.4 cm³/mol. The third-order valence-electron chi connectivity index (χ3n) is 3.64. The molecule has 106 valence electrons. The lowest BCUT2D eigenvalue weighted by Gasteiger charge is -2.30. The summed E-state index contributed by atoms with van der Waals surface area (Å²) < 4.78 is 0.944. The number of fused-ring (bicyclic) bond motifs is 1. The van der Waals surface area contributed by atoms with Gasteiger partial charge in [0.25, 0.3) is 5.91 Å². The standard InChI is InChI=1S/C14H16ClN3OS/c15-9-4-1-5-10-11(9)12(17)13(20-10)14(19)18-6-2-3-8(16)7-18/h1,4-5,8H,2-3,6-7,16-17H2. The minimum atomic E-state index is -0.0325. The number of nitrogens with zero attached hydrogens (tertiary/aromatic N) is 1. The Morgan fingerprint density at radius 1 is 1.45 bits per heavy atom. The van der Waals surface area contributed by atoms with Gasteiger partial charge in [0.1, 0.15) is 4.88 Å². The van der Waals surface area contributed by atoms with E-state index in [1.165, 1.54) is 11.3 Å². The summed E-state index contributed by atoms with van der Waals surface area (Å²) in [7, 11) is 0. The van der Waals surface area contributed by atoms with E-state index in [2.05, 4.69) is 0 Å². The molecule has 0 radical (unpaired) electrons. The highest BCUT2D eigenvalue weighted by Gasteiger charge is 2.26. The molecule has 0 bridgehead atoms. The summed E-state index contributed by atoms with van der Waals surface area (Å²) in [5, 5.41) is 1.37. The van der Waals surface area contributed by atoms with E-state index in [1.54, 1.807) is 11.0 Å². The molecule has 1 fully saturated rings. The number of halogens is 1. The Morgan fingerprint density at radius 2 is 2.25 bits per heavy atom. The number of hydrogen-bond donors (Lipinski definition) is 2. The first kappa shape index (κ1) is 13.7. The quantitative estimate of drug-likeness (QED) is 0.850. The van der Waals surface area contributed by atoms with Gasteiger partial charge in [-0.1, -0.05) is 17.7 Å². The lowest BCUT2D eigenvalue weighted by molar-refractivity contribution is 0.0715. The highest BCUT2D eigenvalue weighted by molar-refractivity contribution is 7.21. The molecule has 1 amide bonds. The maximum absolute atomic E-state index is 12.6. The summed E-state index contributed by atoms with van der Waals surface area (Å²) >= 11 is 7.57. The summed E-state index contributed by atoms with van der Waals surface area (Å²) in [6.07, 6.45) is 1.91. The molecule has 1 aromatic carbocycles. The Labute approximate surface area is 126 Å². The molecule has 1 saturated heterocycles. The van der Waals surface area contributed by atoms with Gasteiger partial charge in [0.2, 0.25) is 0 Å². The fourth-order valence-corrected chi connectivity index (χ4v) is 4.08. The molecule has 1 unspecified atom stereocenters. The lowest BCUT2D eigenvalue weighted by atomic mass is 10.1. The number of benzene rings is 1. The van der Waals surface area contributed by atoms with Crippen molar-refractivity contribution in [2.75, 3.05) is 18.8 Å². The van der Waals surface area contributed by atoms with Crippen LogP contribution in [0.25, 0.3) is 10.1 Å². The maximum Gasteiger partial charge on any atom is 0.266 e. The normalized spacial score (nSPS) is 19.5. The first-order valence-corrected chi connectivity index (χ1v) is 7.78. The highest BCUT2D eigenvalue weighted by atomic mass is 35.5. The Balaban J connectivity index is 1.99. The van der Waals surface area contributed by atoms with Crippen molar-refractivity contribution in [1.29, 1.82) is 0 Å². The van der Waals surface area contributed by atoms with Gasteiger partial charge in [-0.05, 0) is 25.0 Å². The van der Waals surface area contributed by atoms with Gasteiger partial charge in [0.15, 0.2) is 0 Å². The van der Waals surface area contributed by atoms with Crippen LogP contribution < -0.4 is 11.5 Å². The van der Waals surface area contributed by atoms with E-state index in [0.29, 0.717) is 22.1 Å². The van der Waals surface area contributed by atoms with Gasteiger partial charge in [-0.25, -0.2) is 0 Å². The second-order valence-corrected chi connectivity index (χ2v) is 6.57. The second-order valence-electron chi connectivity index (χ2n) is 5.11. The number of carbonyl (C=O) groups excluding carboxylic acids is 1. The summed E-state index contributed by atoms with van der Waals surface area (Å²) in [5.74, 6) is -0.0325. The summed E-state index contributed by atoms with van der Waals surface area (Å²) in [5.41, 5.74) is 12.6. The van der Waals surface area contributed by atoms with Crippen LogP contribution in [-0.2, 0) is 0 Å². The highest BCUT2D eigenvalue weighted by Crippen LogP contribution is 2.38. The van der Waals surface area contributed by atoms with Crippen molar-refractivity contribution in [2.45, 2.75) is 18.9 Å². The van der Waals surface area contributed by atoms with E-state index in [1.807, 2.05) is 12.1 Å². The minimum absolute atomic E-state index is 0.0325. The van der Waals surface area contributed by atoms with Crippen molar-refractivity contribution < 1.29 is 4.79 Å². The molecular formula is C14H16ClN3OS. The average molecular weight is 310 g/mol. The van der Waals surface area contributed by atoms with E-state index in [4.69, 9.17) is 23.1 Å². The van der Waals surface area contributed by atoms with Gasteiger partial charge in [-0.3, -0.25) is 4.79 Å². The van der Waals surface area contributed by atoms with Crippen LogP contribution in [0.15, 0.2) is 18.2 Å². The zero-order valence-electron chi connectivity index (χ0n) is 10.9. The number of rotatable bonds is 1. The molecule has 0 spiro atoms. The Hall–Kier alpha value is -1.30. The van der Waals surface area contributed by atoms with E-state index >= 15 is 0 Å². The van der Waals surface area contributed by atoms with Crippen LogP contribution in [0, 0.1) is 0 Å². The largest absolute Gasteiger partial charge is 0.397 e. The fraction of sp³-hybridized carbons (Fsp3) is 0.357. The second kappa shape index (κ2) is 5.24. The number of amides is 1. The Kier molecular flexibility index (Phi) is 3.58. The van der Waals surface area contributed by atoms with Crippen LogP contribution in [-0.4, -0.2) is 29.9 Å². The molecule has 1 aliphatic rings. The number of carbonyl (C=O) groups is 1. The number of nitrogen functional groups attached to an aromatic ring is 1. The van der Waals surface area contributed by atoms with Crippen LogP contribution in [0.3, 0.4) is 0 Å². The number of piperidine rings is 1. The first-order chi connectivity index (χ1) is 9.58. The summed E-state index contributed by atoms with van der Waals surface area (Å²) in [6, 6.07) is 5.65. The van der Waals surface area contributed by atoms with Gasteiger partial charge in [-0.2, -0.15) is 0 Å². The molecule has 1 aliphatic heterocycles. The molecule has 2 heterocycles. The number of nitrogens with two attached hydrogens (primary N) is 2. The molecule has 3 rings (SSSR count). The van der Waals surface area contributed by atoms with Crippen molar-refractivity contribution in [3.63, 3.8) is 0 Å². The fourth-order valence-electron chi connectivity index (χ4n) is 2.63. The van der Waals surface area contributed by atoms with E-state index < -0.39 is 0 Å². The molecule has 0 saturated carbocycles. The molecule has 20 heavy (non-hydrogen) atoms. The number of hydrogen-bond acceptors (Lipinski definition) is 4. The van der Waals surface area contributed by atoms with Crippen molar-refractivity contribution >= 4 is 44.6 Å². The Bertz CT molecular complexity index is 670. The van der Waals surface area contributed by atoms with Crippen molar-refractivity contribution in [3.05, 3.63) is 28.1 Å². The molecule has 6 heteroatoms. The number of likely N-dealkylation sites (tertiary alicyclic amines) is 1. The predicted octanol–water partition coefficient (Wildman–Crippen LogP) is 2.70. The molecule has 2 aromatic rings. The SMILES string of the molecule is Nc1c(C(=O)N2CCCC(N)C2)sc2cccc(Cl)c12. The molecular weight excluding hydrogens is 294 g/mol. The van der Waals surface area contributed by atoms with Crippen LogP contribution in [0.1, 0.15) is 22.5 Å². The molecule has 1 aromatic heterocycles. The van der Waals surface area contributed by atoms with E-state index in [9.17, 15) is 4.79 Å². The average Bonchev–Trinajstić information content (AvgIpc) is 2.76. The van der Waals surface area contributed by atoms with Gasteiger partial charge < -0.3 is 16.4 Å². The van der Waals surface area contributed by atoms with E-state index in [-0.39, 0.29) is 11.9 Å². The summed E-state index contributed by atoms with van der Waals surface area (Å²) in [6.45, 7) is 1.34. The van der Waals surface area contributed by atoms with Crippen LogP contribution in [0.5, 0.6) is 0 Å². The smallest absolute Gasteiger partial charge is 0.266 e. The third kappa shape index (κ3) is 2.26. The number of anilines is 1. The molecule has 0 aliphatic carbocycles. The topological polar surface area (TPSA) is 72.4 Å². The van der Waals surface area contributed by atoms with Crippen molar-refractivity contribution in [2.24, 2.45) is 5.73 Å². The summed E-state index contributed by atoms with van der Waals surface area (Å²) in [4.78, 5) is 15.0.